The monoisotopic (exact) mass is 449 g/mol. The highest BCUT2D eigenvalue weighted by Crippen LogP contribution is 2.41. The first kappa shape index (κ1) is 21.3. The number of nitrogens with two attached hydrogens (primary N) is 1. The predicted octanol–water partition coefficient (Wildman–Crippen LogP) is 3.68. The summed E-state index contributed by atoms with van der Waals surface area (Å²) in [4.78, 5) is 13.6. The Kier molecular flexibility index (Phi) is 5.56. The zero-order valence-corrected chi connectivity index (χ0v) is 17.9. The van der Waals surface area contributed by atoms with Crippen LogP contribution in [0.2, 0.25) is 5.02 Å². The summed E-state index contributed by atoms with van der Waals surface area (Å²) in [6.07, 6.45) is 0.444. The number of allylic oxidation sites excluding steroid dienone is 1. The molecule has 2 aromatic carbocycles. The second-order valence-corrected chi connectivity index (χ2v) is 8.01. The highest BCUT2D eigenvalue weighted by atomic mass is 35.5. The van der Waals surface area contributed by atoms with Crippen LogP contribution in [0, 0.1) is 18.3 Å². The van der Waals surface area contributed by atoms with Gasteiger partial charge in [-0.15, -0.1) is 0 Å². The highest BCUT2D eigenvalue weighted by Gasteiger charge is 2.34. The van der Waals surface area contributed by atoms with Crippen molar-refractivity contribution >= 4 is 11.6 Å². The van der Waals surface area contributed by atoms with Crippen molar-refractivity contribution in [3.8, 4) is 23.3 Å². The molecule has 3 aromatic rings. The van der Waals surface area contributed by atoms with Gasteiger partial charge >= 0.3 is 0 Å². The molecule has 8 heteroatoms. The number of phenolic OH excluding ortho intramolecular Hbond substituents is 2. The first-order valence-electron chi connectivity index (χ1n) is 9.88. The van der Waals surface area contributed by atoms with Gasteiger partial charge in [-0.1, -0.05) is 29.8 Å². The van der Waals surface area contributed by atoms with E-state index in [1.807, 2.05) is 0 Å². The number of hydrogen-bond donors (Lipinski definition) is 3. The van der Waals surface area contributed by atoms with E-state index in [-0.39, 0.29) is 28.5 Å². The minimum Gasteiger partial charge on any atom is -0.504 e. The van der Waals surface area contributed by atoms with E-state index in [1.165, 1.54) is 12.1 Å². The van der Waals surface area contributed by atoms with Gasteiger partial charge in [-0.2, -0.15) is 5.26 Å². The molecule has 0 bridgehead atoms. The van der Waals surface area contributed by atoms with Gasteiger partial charge < -0.3 is 25.3 Å². The number of phenols is 2. The van der Waals surface area contributed by atoms with Crippen LogP contribution in [0.3, 0.4) is 0 Å². The second-order valence-electron chi connectivity index (χ2n) is 7.57. The van der Waals surface area contributed by atoms with Gasteiger partial charge in [-0.3, -0.25) is 4.79 Å². The number of halogens is 1. The highest BCUT2D eigenvalue weighted by molar-refractivity contribution is 6.30. The van der Waals surface area contributed by atoms with Crippen molar-refractivity contribution in [2.45, 2.75) is 25.8 Å². The van der Waals surface area contributed by atoms with E-state index in [0.29, 0.717) is 40.6 Å². The van der Waals surface area contributed by atoms with Crippen LogP contribution >= 0.6 is 11.6 Å². The molecular formula is C24H20ClN3O4. The van der Waals surface area contributed by atoms with Crippen LogP contribution in [0.15, 0.2) is 64.8 Å². The van der Waals surface area contributed by atoms with Crippen LogP contribution in [0.1, 0.15) is 28.3 Å². The summed E-state index contributed by atoms with van der Waals surface area (Å²) in [5.41, 5.74) is 8.27. The smallest absolute Gasteiger partial charge is 0.258 e. The van der Waals surface area contributed by atoms with Crippen molar-refractivity contribution in [1.82, 2.24) is 4.57 Å². The molecule has 0 spiro atoms. The molecule has 1 aliphatic heterocycles. The van der Waals surface area contributed by atoms with Gasteiger partial charge in [-0.05, 0) is 48.7 Å². The fourth-order valence-corrected chi connectivity index (χ4v) is 4.15. The number of nitrogens with zero attached hydrogens (tertiary/aromatic N) is 2. The fraction of sp³-hybridized carbons (Fsp3) is 0.167. The minimum absolute atomic E-state index is 0.0407. The maximum absolute atomic E-state index is 13.6. The predicted molar refractivity (Wildman–Crippen MR) is 120 cm³/mol. The number of benzene rings is 2. The third kappa shape index (κ3) is 3.77. The Bertz CT molecular complexity index is 1350. The lowest BCUT2D eigenvalue weighted by Crippen LogP contribution is -2.33. The van der Waals surface area contributed by atoms with Crippen molar-refractivity contribution in [1.29, 1.82) is 5.26 Å². The Hall–Kier alpha value is -3.89. The summed E-state index contributed by atoms with van der Waals surface area (Å²) in [6, 6.07) is 15.3. The first-order chi connectivity index (χ1) is 15.3. The molecule has 1 aliphatic rings. The average Bonchev–Trinajstić information content (AvgIpc) is 2.75. The maximum Gasteiger partial charge on any atom is 0.258 e. The van der Waals surface area contributed by atoms with Crippen molar-refractivity contribution in [2.24, 2.45) is 5.73 Å². The molecule has 0 unspecified atom stereocenters. The largest absolute Gasteiger partial charge is 0.504 e. The molecule has 4 N–H and O–H groups in total. The lowest BCUT2D eigenvalue weighted by Gasteiger charge is -2.27. The van der Waals surface area contributed by atoms with Crippen LogP contribution in [-0.4, -0.2) is 14.8 Å². The standard InChI is InChI=1S/C24H20ClN3O4/c1-13-9-20-22(24(31)28(13)8-7-14-5-6-18(29)19(30)10-14)21(17(12-26)23(27)32-20)15-3-2-4-16(25)11-15/h2-6,9-11,21,29-30H,7-8,27H2,1H3/t21-/m0/s1. The zero-order valence-electron chi connectivity index (χ0n) is 17.2. The Morgan fingerprint density at radius 2 is 1.97 bits per heavy atom. The average molecular weight is 450 g/mol. The van der Waals surface area contributed by atoms with E-state index in [1.54, 1.807) is 47.9 Å². The number of fused-ring (bicyclic) bond motifs is 1. The Morgan fingerprint density at radius 1 is 1.19 bits per heavy atom. The molecule has 0 aliphatic carbocycles. The van der Waals surface area contributed by atoms with Gasteiger partial charge in [0, 0.05) is 23.3 Å². The molecule has 0 saturated heterocycles. The first-order valence-corrected chi connectivity index (χ1v) is 10.3. The summed E-state index contributed by atoms with van der Waals surface area (Å²) >= 11 is 6.17. The molecule has 2 heterocycles. The van der Waals surface area contributed by atoms with Crippen LogP contribution in [0.25, 0.3) is 0 Å². The SMILES string of the molecule is Cc1cc2c(c(=O)n1CCc1ccc(O)c(O)c1)[C@@H](c1cccc(Cl)c1)C(C#N)=C(N)O2. The molecule has 1 atom stereocenters. The lowest BCUT2D eigenvalue weighted by molar-refractivity contribution is 0.388. The van der Waals surface area contributed by atoms with E-state index >= 15 is 0 Å². The minimum atomic E-state index is -0.709. The molecular weight excluding hydrogens is 430 g/mol. The van der Waals surface area contributed by atoms with E-state index in [2.05, 4.69) is 6.07 Å². The van der Waals surface area contributed by atoms with Crippen molar-refractivity contribution in [3.05, 3.63) is 97.7 Å². The van der Waals surface area contributed by atoms with Crippen LogP contribution in [-0.2, 0) is 13.0 Å². The van der Waals surface area contributed by atoms with Gasteiger partial charge in [0.1, 0.15) is 17.4 Å². The number of aromatic nitrogens is 1. The van der Waals surface area contributed by atoms with Gasteiger partial charge in [0.25, 0.3) is 5.56 Å². The van der Waals surface area contributed by atoms with Crippen LogP contribution in [0.5, 0.6) is 17.2 Å². The number of hydrogen-bond acceptors (Lipinski definition) is 6. The molecule has 0 saturated carbocycles. The summed E-state index contributed by atoms with van der Waals surface area (Å²) in [5, 5.41) is 29.5. The van der Waals surface area contributed by atoms with E-state index in [0.717, 1.165) is 5.56 Å². The van der Waals surface area contributed by atoms with Crippen LogP contribution in [0.4, 0.5) is 0 Å². The molecule has 0 amide bonds. The normalized spacial score (nSPS) is 15.1. The summed E-state index contributed by atoms with van der Waals surface area (Å²) in [5.74, 6) is -0.857. The van der Waals surface area contributed by atoms with Gasteiger partial charge in [0.15, 0.2) is 11.5 Å². The van der Waals surface area contributed by atoms with Crippen LogP contribution < -0.4 is 16.0 Å². The maximum atomic E-state index is 13.6. The quantitative estimate of drug-likeness (QED) is 0.522. The number of rotatable bonds is 4. The Labute approximate surface area is 189 Å². The van der Waals surface area contributed by atoms with Crippen molar-refractivity contribution in [3.63, 3.8) is 0 Å². The second kappa shape index (κ2) is 8.33. The zero-order chi connectivity index (χ0) is 23.0. The molecule has 0 fully saturated rings. The van der Waals surface area contributed by atoms with Gasteiger partial charge in [0.05, 0.1) is 11.5 Å². The number of aromatic hydroxyl groups is 2. The van der Waals surface area contributed by atoms with E-state index in [9.17, 15) is 20.3 Å². The van der Waals surface area contributed by atoms with Gasteiger partial charge in [-0.25, -0.2) is 0 Å². The molecule has 1 aromatic heterocycles. The molecule has 32 heavy (non-hydrogen) atoms. The number of pyridine rings is 1. The van der Waals surface area contributed by atoms with Crippen molar-refractivity contribution in [2.75, 3.05) is 0 Å². The molecule has 4 rings (SSSR count). The molecule has 7 nitrogen and oxygen atoms in total. The Balaban J connectivity index is 1.81. The number of ether oxygens (including phenoxy) is 1. The van der Waals surface area contributed by atoms with Crippen molar-refractivity contribution < 1.29 is 14.9 Å². The lowest BCUT2D eigenvalue weighted by atomic mass is 9.84. The number of aryl methyl sites for hydroxylation is 2. The Morgan fingerprint density at radius 3 is 2.66 bits per heavy atom. The number of nitriles is 1. The molecule has 162 valence electrons. The summed E-state index contributed by atoms with van der Waals surface area (Å²) in [7, 11) is 0. The topological polar surface area (TPSA) is 122 Å². The fourth-order valence-electron chi connectivity index (χ4n) is 3.95. The summed E-state index contributed by atoms with van der Waals surface area (Å²) in [6.45, 7) is 2.11. The molecule has 0 radical (unpaired) electrons. The van der Waals surface area contributed by atoms with E-state index < -0.39 is 5.92 Å². The van der Waals surface area contributed by atoms with Gasteiger partial charge in [0.2, 0.25) is 5.88 Å². The third-order valence-electron chi connectivity index (χ3n) is 5.54. The van der Waals surface area contributed by atoms with E-state index in [4.69, 9.17) is 22.1 Å². The summed E-state index contributed by atoms with van der Waals surface area (Å²) < 4.78 is 7.25. The third-order valence-corrected chi connectivity index (χ3v) is 5.77.